The van der Waals surface area contributed by atoms with Crippen LogP contribution in [-0.2, 0) is 0 Å². The second-order valence-electron chi connectivity index (χ2n) is 3.12. The molecule has 1 aliphatic heterocycles. The maximum Gasteiger partial charge on any atom is 0.335 e. The predicted octanol–water partition coefficient (Wildman–Crippen LogP) is 1.46. The lowest BCUT2D eigenvalue weighted by Gasteiger charge is -2.20. The summed E-state index contributed by atoms with van der Waals surface area (Å²) in [6, 6.07) is 3.07. The van der Waals surface area contributed by atoms with Crippen LogP contribution in [0.25, 0.3) is 0 Å². The molecule has 1 aromatic rings. The van der Waals surface area contributed by atoms with E-state index >= 15 is 0 Å². The molecule has 0 aliphatic carbocycles. The van der Waals surface area contributed by atoms with Crippen LogP contribution < -0.4 is 9.47 Å². The molecule has 0 saturated heterocycles. The smallest absolute Gasteiger partial charge is 0.335 e. The minimum absolute atomic E-state index is 0.228. The zero-order valence-corrected chi connectivity index (χ0v) is 7.74. The van der Waals surface area contributed by atoms with Gasteiger partial charge in [-0.2, -0.15) is 0 Å². The van der Waals surface area contributed by atoms with Crippen molar-refractivity contribution in [3.8, 4) is 11.5 Å². The van der Waals surface area contributed by atoms with Gasteiger partial charge in [0.15, 0.2) is 11.5 Å². The Morgan fingerprint density at radius 1 is 1.36 bits per heavy atom. The molecule has 0 radical (unpaired) electrons. The Labute approximate surface area is 81.1 Å². The maximum atomic E-state index is 10.7. The highest BCUT2D eigenvalue weighted by atomic mass is 16.6. The number of fused-ring (bicyclic) bond motifs is 1. The molecule has 0 aromatic heterocycles. The average molecular weight is 194 g/mol. The van der Waals surface area contributed by atoms with E-state index in [1.54, 1.807) is 13.0 Å². The molecular weight excluding hydrogens is 184 g/mol. The van der Waals surface area contributed by atoms with E-state index in [2.05, 4.69) is 0 Å². The Morgan fingerprint density at radius 3 is 2.79 bits per heavy atom. The van der Waals surface area contributed by atoms with Crippen molar-refractivity contribution in [3.05, 3.63) is 23.3 Å². The third-order valence-electron chi connectivity index (χ3n) is 2.07. The summed E-state index contributed by atoms with van der Waals surface area (Å²) in [5.74, 6) is 0.222. The van der Waals surface area contributed by atoms with Gasteiger partial charge in [-0.05, 0) is 24.6 Å². The summed E-state index contributed by atoms with van der Waals surface area (Å²) >= 11 is 0. The number of hydrogen-bond donors (Lipinski definition) is 1. The monoisotopic (exact) mass is 194 g/mol. The minimum Gasteiger partial charge on any atom is -0.486 e. The fraction of sp³-hybridized carbons (Fsp3) is 0.300. The lowest BCUT2D eigenvalue weighted by atomic mass is 10.1. The second kappa shape index (κ2) is 3.21. The van der Waals surface area contributed by atoms with Crippen molar-refractivity contribution >= 4 is 5.97 Å². The summed E-state index contributed by atoms with van der Waals surface area (Å²) in [5, 5.41) is 8.81. The normalized spacial score (nSPS) is 13.8. The average Bonchev–Trinajstić information content (AvgIpc) is 2.17. The van der Waals surface area contributed by atoms with Gasteiger partial charge in [0.2, 0.25) is 0 Å². The van der Waals surface area contributed by atoms with Gasteiger partial charge in [-0.15, -0.1) is 0 Å². The number of aromatic carboxylic acids is 1. The van der Waals surface area contributed by atoms with E-state index in [1.165, 1.54) is 6.07 Å². The van der Waals surface area contributed by atoms with E-state index in [1.807, 2.05) is 0 Å². The van der Waals surface area contributed by atoms with Crippen LogP contribution in [0.3, 0.4) is 0 Å². The molecule has 0 saturated carbocycles. The number of benzene rings is 1. The summed E-state index contributed by atoms with van der Waals surface area (Å²) in [6.07, 6.45) is 0. The topological polar surface area (TPSA) is 55.8 Å². The van der Waals surface area contributed by atoms with Crippen molar-refractivity contribution in [3.63, 3.8) is 0 Å². The number of carboxylic acids is 1. The zero-order chi connectivity index (χ0) is 10.1. The van der Waals surface area contributed by atoms with Crippen molar-refractivity contribution in [1.29, 1.82) is 0 Å². The van der Waals surface area contributed by atoms with Crippen molar-refractivity contribution in [2.45, 2.75) is 6.92 Å². The Balaban J connectivity index is 2.51. The highest BCUT2D eigenvalue weighted by Crippen LogP contribution is 2.34. The van der Waals surface area contributed by atoms with Crippen LogP contribution in [0.5, 0.6) is 11.5 Å². The highest BCUT2D eigenvalue weighted by molar-refractivity contribution is 5.89. The molecule has 1 heterocycles. The number of rotatable bonds is 1. The van der Waals surface area contributed by atoms with Crippen LogP contribution in [0.15, 0.2) is 12.1 Å². The summed E-state index contributed by atoms with van der Waals surface area (Å²) in [5.41, 5.74) is 1.02. The minimum atomic E-state index is -0.954. The van der Waals surface area contributed by atoms with Crippen LogP contribution in [0.1, 0.15) is 15.9 Å². The van der Waals surface area contributed by atoms with Crippen LogP contribution in [0.4, 0.5) is 0 Å². The number of carbonyl (C=O) groups is 1. The van der Waals surface area contributed by atoms with Crippen molar-refractivity contribution in [2.24, 2.45) is 0 Å². The fourth-order valence-corrected chi connectivity index (χ4v) is 1.45. The van der Waals surface area contributed by atoms with E-state index in [0.717, 1.165) is 5.56 Å². The molecule has 0 fully saturated rings. The van der Waals surface area contributed by atoms with Crippen molar-refractivity contribution < 1.29 is 19.4 Å². The predicted molar refractivity (Wildman–Crippen MR) is 49.1 cm³/mol. The van der Waals surface area contributed by atoms with Gasteiger partial charge < -0.3 is 14.6 Å². The summed E-state index contributed by atoms with van der Waals surface area (Å²) in [4.78, 5) is 10.7. The van der Waals surface area contributed by atoms with E-state index in [4.69, 9.17) is 14.6 Å². The molecule has 0 spiro atoms. The molecule has 0 bridgehead atoms. The van der Waals surface area contributed by atoms with Gasteiger partial charge >= 0.3 is 5.97 Å². The molecule has 74 valence electrons. The van der Waals surface area contributed by atoms with Crippen LogP contribution >= 0.6 is 0 Å². The molecule has 14 heavy (non-hydrogen) atoms. The van der Waals surface area contributed by atoms with Crippen molar-refractivity contribution in [1.82, 2.24) is 0 Å². The van der Waals surface area contributed by atoms with Gasteiger partial charge in [0.25, 0.3) is 0 Å². The first kappa shape index (κ1) is 8.87. The first-order valence-corrected chi connectivity index (χ1v) is 4.32. The van der Waals surface area contributed by atoms with E-state index in [-0.39, 0.29) is 5.56 Å². The number of hydrogen-bond acceptors (Lipinski definition) is 3. The highest BCUT2D eigenvalue weighted by Gasteiger charge is 2.17. The maximum absolute atomic E-state index is 10.7. The van der Waals surface area contributed by atoms with Gasteiger partial charge in [-0.1, -0.05) is 0 Å². The van der Waals surface area contributed by atoms with Gasteiger partial charge in [0, 0.05) is 0 Å². The summed E-state index contributed by atoms with van der Waals surface area (Å²) in [7, 11) is 0. The second-order valence-corrected chi connectivity index (χ2v) is 3.12. The van der Waals surface area contributed by atoms with E-state index in [0.29, 0.717) is 24.7 Å². The molecule has 2 rings (SSSR count). The first-order chi connectivity index (χ1) is 6.68. The molecule has 1 aromatic carbocycles. The molecule has 4 nitrogen and oxygen atoms in total. The van der Waals surface area contributed by atoms with E-state index < -0.39 is 5.97 Å². The quantitative estimate of drug-likeness (QED) is 0.735. The fourth-order valence-electron chi connectivity index (χ4n) is 1.45. The van der Waals surface area contributed by atoms with Gasteiger partial charge in [0.1, 0.15) is 13.2 Å². The van der Waals surface area contributed by atoms with E-state index in [9.17, 15) is 4.79 Å². The van der Waals surface area contributed by atoms with Crippen LogP contribution in [0.2, 0.25) is 0 Å². The Hall–Kier alpha value is -1.71. The van der Waals surface area contributed by atoms with Gasteiger partial charge in [0.05, 0.1) is 5.56 Å². The standard InChI is InChI=1S/C10H10O4/c1-6-4-7(10(11)12)5-8-9(6)14-3-2-13-8/h4-5H,2-3H2,1H3,(H,11,12). The lowest BCUT2D eigenvalue weighted by molar-refractivity contribution is 0.0695. The van der Waals surface area contributed by atoms with Crippen LogP contribution in [-0.4, -0.2) is 24.3 Å². The SMILES string of the molecule is Cc1cc(C(=O)O)cc2c1OCCO2. The molecule has 1 N–H and O–H groups in total. The summed E-state index contributed by atoms with van der Waals surface area (Å²) < 4.78 is 10.7. The lowest BCUT2D eigenvalue weighted by Crippen LogP contribution is -2.16. The third kappa shape index (κ3) is 1.39. The van der Waals surface area contributed by atoms with Crippen LogP contribution in [0, 0.1) is 6.92 Å². The molecular formula is C10H10O4. The molecule has 4 heteroatoms. The Morgan fingerprint density at radius 2 is 2.07 bits per heavy atom. The first-order valence-electron chi connectivity index (χ1n) is 4.32. The molecule has 1 aliphatic rings. The van der Waals surface area contributed by atoms with Gasteiger partial charge in [-0.25, -0.2) is 4.79 Å². The molecule has 0 unspecified atom stereocenters. The number of carboxylic acid groups (broad SMARTS) is 1. The zero-order valence-electron chi connectivity index (χ0n) is 7.74. The Kier molecular flexibility index (Phi) is 2.04. The largest absolute Gasteiger partial charge is 0.486 e. The number of aryl methyl sites for hydroxylation is 1. The van der Waals surface area contributed by atoms with Gasteiger partial charge in [-0.3, -0.25) is 0 Å². The molecule has 0 atom stereocenters. The Bertz CT molecular complexity index is 384. The molecule has 0 amide bonds. The number of ether oxygens (including phenoxy) is 2. The summed E-state index contributed by atoms with van der Waals surface area (Å²) in [6.45, 7) is 2.79. The third-order valence-corrected chi connectivity index (χ3v) is 2.07. The van der Waals surface area contributed by atoms with Crippen molar-refractivity contribution in [2.75, 3.05) is 13.2 Å².